The topological polar surface area (TPSA) is 66.5 Å². The minimum absolute atomic E-state index is 0.235. The molecule has 1 saturated heterocycles. The van der Waals surface area contributed by atoms with Gasteiger partial charge in [-0.05, 0) is 55.9 Å². The molecule has 144 valence electrons. The summed E-state index contributed by atoms with van der Waals surface area (Å²) in [5.74, 6) is -0.235. The fourth-order valence-electron chi connectivity index (χ4n) is 3.33. The summed E-state index contributed by atoms with van der Waals surface area (Å²) in [7, 11) is -3.53. The van der Waals surface area contributed by atoms with E-state index in [4.69, 9.17) is 0 Å². The van der Waals surface area contributed by atoms with Crippen LogP contribution in [0.2, 0.25) is 0 Å². The zero-order valence-corrected chi connectivity index (χ0v) is 16.5. The molecule has 0 spiro atoms. The Morgan fingerprint density at radius 3 is 2.48 bits per heavy atom. The summed E-state index contributed by atoms with van der Waals surface area (Å²) in [6, 6.07) is 15.0. The molecule has 0 saturated carbocycles. The maximum atomic E-state index is 12.8. The molecule has 0 atom stereocenters. The number of rotatable bonds is 7. The first-order valence-electron chi connectivity index (χ1n) is 9.41. The second-order valence-corrected chi connectivity index (χ2v) is 8.84. The van der Waals surface area contributed by atoms with Crippen molar-refractivity contribution in [2.24, 2.45) is 0 Å². The van der Waals surface area contributed by atoms with Gasteiger partial charge >= 0.3 is 0 Å². The third-order valence-electron chi connectivity index (χ3n) is 4.90. The summed E-state index contributed by atoms with van der Waals surface area (Å²) in [5.41, 5.74) is 2.29. The lowest BCUT2D eigenvalue weighted by molar-refractivity contribution is 0.0953. The van der Waals surface area contributed by atoms with E-state index in [0.717, 1.165) is 25.7 Å². The fraction of sp³-hybridized carbons (Fsp3) is 0.381. The molecule has 2 aromatic rings. The van der Waals surface area contributed by atoms with Crippen molar-refractivity contribution >= 4 is 15.9 Å². The summed E-state index contributed by atoms with van der Waals surface area (Å²) in [6.07, 6.45) is 3.50. The molecule has 0 aromatic heterocycles. The number of nitrogens with zero attached hydrogens (tertiary/aromatic N) is 1. The maximum Gasteiger partial charge on any atom is 0.251 e. The fourth-order valence-corrected chi connectivity index (χ4v) is 5.10. The van der Waals surface area contributed by atoms with Gasteiger partial charge in [0.05, 0.1) is 4.90 Å². The molecule has 1 heterocycles. The molecule has 6 heteroatoms. The maximum absolute atomic E-state index is 12.8. The highest BCUT2D eigenvalue weighted by Gasteiger charge is 2.29. The van der Waals surface area contributed by atoms with E-state index in [1.54, 1.807) is 19.1 Å². The largest absolute Gasteiger partial charge is 0.352 e. The molecule has 3 rings (SSSR count). The van der Waals surface area contributed by atoms with E-state index in [1.165, 1.54) is 15.9 Å². The van der Waals surface area contributed by atoms with E-state index < -0.39 is 10.0 Å². The number of amides is 1. The van der Waals surface area contributed by atoms with Crippen LogP contribution in [-0.4, -0.2) is 38.3 Å². The molecule has 1 aliphatic rings. The van der Waals surface area contributed by atoms with Gasteiger partial charge in [-0.3, -0.25) is 4.79 Å². The van der Waals surface area contributed by atoms with Crippen LogP contribution in [0, 0.1) is 6.92 Å². The Bertz CT molecular complexity index is 889. The highest BCUT2D eigenvalue weighted by atomic mass is 32.2. The minimum Gasteiger partial charge on any atom is -0.352 e. The Labute approximate surface area is 161 Å². The number of sulfonamides is 1. The molecule has 1 aliphatic heterocycles. The average molecular weight is 387 g/mol. The second-order valence-electron chi connectivity index (χ2n) is 6.94. The smallest absolute Gasteiger partial charge is 0.251 e. The third kappa shape index (κ3) is 4.76. The van der Waals surface area contributed by atoms with Gasteiger partial charge in [0.25, 0.3) is 5.91 Å². The Hall–Kier alpha value is -2.18. The van der Waals surface area contributed by atoms with E-state index in [1.807, 2.05) is 18.2 Å². The van der Waals surface area contributed by atoms with Crippen molar-refractivity contribution in [1.82, 2.24) is 9.62 Å². The van der Waals surface area contributed by atoms with Gasteiger partial charge in [0.2, 0.25) is 10.0 Å². The first-order valence-corrected chi connectivity index (χ1v) is 10.9. The van der Waals surface area contributed by atoms with E-state index in [0.29, 0.717) is 30.8 Å². The quantitative estimate of drug-likeness (QED) is 0.744. The van der Waals surface area contributed by atoms with Crippen LogP contribution in [0.15, 0.2) is 53.4 Å². The molecule has 0 radical (unpaired) electrons. The van der Waals surface area contributed by atoms with Gasteiger partial charge in [-0.15, -0.1) is 0 Å². The number of hydrogen-bond acceptors (Lipinski definition) is 3. The second kappa shape index (κ2) is 8.67. The summed E-state index contributed by atoms with van der Waals surface area (Å²) in [4.78, 5) is 12.7. The van der Waals surface area contributed by atoms with Crippen molar-refractivity contribution in [2.45, 2.75) is 37.5 Å². The van der Waals surface area contributed by atoms with E-state index in [-0.39, 0.29) is 10.8 Å². The molecule has 0 aliphatic carbocycles. The van der Waals surface area contributed by atoms with Crippen LogP contribution in [0.5, 0.6) is 0 Å². The van der Waals surface area contributed by atoms with Crippen molar-refractivity contribution in [3.05, 3.63) is 65.2 Å². The minimum atomic E-state index is -3.53. The van der Waals surface area contributed by atoms with Crippen LogP contribution in [-0.2, 0) is 16.4 Å². The van der Waals surface area contributed by atoms with Crippen molar-refractivity contribution < 1.29 is 13.2 Å². The lowest BCUT2D eigenvalue weighted by atomic mass is 10.1. The first kappa shape index (κ1) is 19.6. The van der Waals surface area contributed by atoms with Crippen molar-refractivity contribution in [3.63, 3.8) is 0 Å². The number of carbonyl (C=O) groups excluding carboxylic acids is 1. The van der Waals surface area contributed by atoms with Gasteiger partial charge in [-0.1, -0.05) is 36.4 Å². The first-order chi connectivity index (χ1) is 13.0. The number of carbonyl (C=O) groups is 1. The van der Waals surface area contributed by atoms with Crippen LogP contribution in [0.1, 0.15) is 40.7 Å². The summed E-state index contributed by atoms with van der Waals surface area (Å²) in [5, 5.41) is 2.89. The molecule has 2 aromatic carbocycles. The van der Waals surface area contributed by atoms with Gasteiger partial charge in [-0.25, -0.2) is 8.42 Å². The van der Waals surface area contributed by atoms with Crippen molar-refractivity contribution in [3.8, 4) is 0 Å². The van der Waals surface area contributed by atoms with Gasteiger partial charge in [0, 0.05) is 25.2 Å². The zero-order valence-electron chi connectivity index (χ0n) is 15.6. The molecule has 1 fully saturated rings. The highest BCUT2D eigenvalue weighted by Crippen LogP contribution is 2.24. The number of hydrogen-bond donors (Lipinski definition) is 1. The molecule has 0 unspecified atom stereocenters. The summed E-state index contributed by atoms with van der Waals surface area (Å²) < 4.78 is 27.2. The summed E-state index contributed by atoms with van der Waals surface area (Å²) >= 11 is 0. The highest BCUT2D eigenvalue weighted by molar-refractivity contribution is 7.89. The predicted octanol–water partition coefficient (Wildman–Crippen LogP) is 3.14. The molecular formula is C21H26N2O3S. The van der Waals surface area contributed by atoms with Crippen LogP contribution >= 0.6 is 0 Å². The number of nitrogens with one attached hydrogen (secondary N) is 1. The SMILES string of the molecule is Cc1ccc(C(=O)NCCCc2ccccc2)cc1S(=O)(=O)N1CCCC1. The molecule has 27 heavy (non-hydrogen) atoms. The molecule has 1 N–H and O–H groups in total. The average Bonchev–Trinajstić information content (AvgIpc) is 3.22. The molecule has 0 bridgehead atoms. The van der Waals surface area contributed by atoms with Crippen LogP contribution in [0.4, 0.5) is 0 Å². The standard InChI is InChI=1S/C21H26N2O3S/c1-17-11-12-19(16-20(17)27(25,26)23-14-5-6-15-23)21(24)22-13-7-10-18-8-3-2-4-9-18/h2-4,8-9,11-12,16H,5-7,10,13-15H2,1H3,(H,22,24). The summed E-state index contributed by atoms with van der Waals surface area (Å²) in [6.45, 7) is 3.43. The predicted molar refractivity (Wildman–Crippen MR) is 106 cm³/mol. The van der Waals surface area contributed by atoms with Gasteiger partial charge < -0.3 is 5.32 Å². The Morgan fingerprint density at radius 2 is 1.78 bits per heavy atom. The Morgan fingerprint density at radius 1 is 1.07 bits per heavy atom. The van der Waals surface area contributed by atoms with E-state index in [9.17, 15) is 13.2 Å². The zero-order chi connectivity index (χ0) is 19.3. The Balaban J connectivity index is 1.63. The van der Waals surface area contributed by atoms with E-state index >= 15 is 0 Å². The van der Waals surface area contributed by atoms with E-state index in [2.05, 4.69) is 17.4 Å². The van der Waals surface area contributed by atoms with Crippen LogP contribution in [0.25, 0.3) is 0 Å². The normalized spacial score (nSPS) is 15.0. The molecule has 5 nitrogen and oxygen atoms in total. The Kier molecular flexibility index (Phi) is 6.29. The number of benzene rings is 2. The lowest BCUT2D eigenvalue weighted by Gasteiger charge is -2.17. The van der Waals surface area contributed by atoms with Crippen molar-refractivity contribution in [1.29, 1.82) is 0 Å². The van der Waals surface area contributed by atoms with Gasteiger partial charge in [0.1, 0.15) is 0 Å². The number of aryl methyl sites for hydroxylation is 2. The van der Waals surface area contributed by atoms with Crippen molar-refractivity contribution in [2.75, 3.05) is 19.6 Å². The molecular weight excluding hydrogens is 360 g/mol. The monoisotopic (exact) mass is 386 g/mol. The lowest BCUT2D eigenvalue weighted by Crippen LogP contribution is -2.29. The van der Waals surface area contributed by atoms with Crippen LogP contribution < -0.4 is 5.32 Å². The van der Waals surface area contributed by atoms with Gasteiger partial charge in [0.15, 0.2) is 0 Å². The van der Waals surface area contributed by atoms with Gasteiger partial charge in [-0.2, -0.15) is 4.31 Å². The van der Waals surface area contributed by atoms with Crippen LogP contribution in [0.3, 0.4) is 0 Å². The third-order valence-corrected chi connectivity index (χ3v) is 6.94. The molecule has 1 amide bonds.